The summed E-state index contributed by atoms with van der Waals surface area (Å²) in [5, 5.41) is 4.20. The first-order valence-corrected chi connectivity index (χ1v) is 5.00. The number of hydrogen-bond acceptors (Lipinski definition) is 5. The number of rotatable bonds is 3. The Kier molecular flexibility index (Phi) is 4.06. The molecule has 76 valence electrons. The van der Waals surface area contributed by atoms with Gasteiger partial charge in [-0.15, -0.1) is 11.3 Å². The van der Waals surface area contributed by atoms with Crippen molar-refractivity contribution in [3.8, 4) is 0 Å². The van der Waals surface area contributed by atoms with E-state index in [-0.39, 0.29) is 13.2 Å². The minimum absolute atomic E-state index is 0.197. The molecule has 0 unspecified atom stereocenters. The molecule has 0 saturated carbocycles. The van der Waals surface area contributed by atoms with Crippen molar-refractivity contribution in [3.05, 3.63) is 16.6 Å². The van der Waals surface area contributed by atoms with E-state index in [1.807, 2.05) is 0 Å². The van der Waals surface area contributed by atoms with E-state index in [0.717, 1.165) is 5.69 Å². The fraction of sp³-hybridized carbons (Fsp3) is 0.375. The van der Waals surface area contributed by atoms with Crippen LogP contribution in [0.3, 0.4) is 0 Å². The van der Waals surface area contributed by atoms with Gasteiger partial charge in [0.15, 0.2) is 0 Å². The first-order chi connectivity index (χ1) is 6.74. The SMILES string of the molecule is CCOC(=O)C(=O)NCc1cscn1. The molecule has 1 aromatic rings. The molecule has 1 N–H and O–H groups in total. The van der Waals surface area contributed by atoms with Gasteiger partial charge in [0.05, 0.1) is 24.4 Å². The molecule has 0 aliphatic heterocycles. The van der Waals surface area contributed by atoms with Crippen molar-refractivity contribution < 1.29 is 14.3 Å². The zero-order valence-corrected chi connectivity index (χ0v) is 8.47. The predicted octanol–water partition coefficient (Wildman–Crippen LogP) is 0.322. The number of ether oxygens (including phenoxy) is 1. The van der Waals surface area contributed by atoms with E-state index in [2.05, 4.69) is 15.0 Å². The van der Waals surface area contributed by atoms with Crippen LogP contribution in [0, 0.1) is 0 Å². The molecule has 0 spiro atoms. The smallest absolute Gasteiger partial charge is 0.396 e. The molecule has 6 heteroatoms. The molecule has 0 aromatic carbocycles. The lowest BCUT2D eigenvalue weighted by atomic mass is 10.4. The van der Waals surface area contributed by atoms with Gasteiger partial charge >= 0.3 is 11.9 Å². The fourth-order valence-electron chi connectivity index (χ4n) is 0.764. The zero-order chi connectivity index (χ0) is 10.4. The highest BCUT2D eigenvalue weighted by Gasteiger charge is 2.13. The van der Waals surface area contributed by atoms with E-state index in [1.165, 1.54) is 11.3 Å². The lowest BCUT2D eigenvalue weighted by Gasteiger charge is -2.01. The third-order valence-electron chi connectivity index (χ3n) is 1.37. The molecule has 0 aliphatic rings. The Morgan fingerprint density at radius 1 is 1.64 bits per heavy atom. The largest absolute Gasteiger partial charge is 0.459 e. The topological polar surface area (TPSA) is 68.3 Å². The second kappa shape index (κ2) is 5.33. The Labute approximate surface area is 85.1 Å². The van der Waals surface area contributed by atoms with Crippen molar-refractivity contribution in [2.75, 3.05) is 6.61 Å². The quantitative estimate of drug-likeness (QED) is 0.581. The van der Waals surface area contributed by atoms with Gasteiger partial charge in [0.25, 0.3) is 0 Å². The van der Waals surface area contributed by atoms with E-state index in [4.69, 9.17) is 0 Å². The Bertz CT molecular complexity index is 310. The van der Waals surface area contributed by atoms with Crippen LogP contribution in [0.4, 0.5) is 0 Å². The third-order valence-corrected chi connectivity index (χ3v) is 2.01. The van der Waals surface area contributed by atoms with Crippen molar-refractivity contribution >= 4 is 23.2 Å². The maximum absolute atomic E-state index is 11.0. The number of esters is 1. The summed E-state index contributed by atoms with van der Waals surface area (Å²) < 4.78 is 4.50. The van der Waals surface area contributed by atoms with Gasteiger partial charge in [-0.3, -0.25) is 4.79 Å². The average Bonchev–Trinajstić information content (AvgIpc) is 2.67. The highest BCUT2D eigenvalue weighted by Crippen LogP contribution is 1.99. The summed E-state index contributed by atoms with van der Waals surface area (Å²) in [4.78, 5) is 25.8. The molecule has 0 radical (unpaired) electrons. The van der Waals surface area contributed by atoms with E-state index < -0.39 is 11.9 Å². The molecule has 0 atom stereocenters. The summed E-state index contributed by atoms with van der Waals surface area (Å²) in [5.74, 6) is -1.59. The van der Waals surface area contributed by atoms with Crippen molar-refractivity contribution in [2.24, 2.45) is 0 Å². The maximum Gasteiger partial charge on any atom is 0.396 e. The van der Waals surface area contributed by atoms with Crippen LogP contribution >= 0.6 is 11.3 Å². The number of carbonyl (C=O) groups excluding carboxylic acids is 2. The summed E-state index contributed by atoms with van der Waals surface area (Å²) >= 11 is 1.43. The van der Waals surface area contributed by atoms with Gasteiger partial charge in [-0.2, -0.15) is 0 Å². The minimum atomic E-state index is -0.859. The molecular formula is C8H10N2O3S. The number of nitrogens with zero attached hydrogens (tertiary/aromatic N) is 1. The van der Waals surface area contributed by atoms with Crippen LogP contribution in [0.2, 0.25) is 0 Å². The molecule has 1 aromatic heterocycles. The zero-order valence-electron chi connectivity index (χ0n) is 7.65. The van der Waals surface area contributed by atoms with Crippen LogP contribution in [0.1, 0.15) is 12.6 Å². The lowest BCUT2D eigenvalue weighted by Crippen LogP contribution is -2.32. The monoisotopic (exact) mass is 214 g/mol. The summed E-state index contributed by atoms with van der Waals surface area (Å²) in [7, 11) is 0. The average molecular weight is 214 g/mol. The van der Waals surface area contributed by atoms with E-state index >= 15 is 0 Å². The van der Waals surface area contributed by atoms with Crippen molar-refractivity contribution in [2.45, 2.75) is 13.5 Å². The molecular weight excluding hydrogens is 204 g/mol. The van der Waals surface area contributed by atoms with Gasteiger partial charge < -0.3 is 10.1 Å². The summed E-state index contributed by atoms with van der Waals surface area (Å²) in [6.45, 7) is 2.09. The highest BCUT2D eigenvalue weighted by molar-refractivity contribution is 7.07. The highest BCUT2D eigenvalue weighted by atomic mass is 32.1. The van der Waals surface area contributed by atoms with Crippen molar-refractivity contribution in [1.29, 1.82) is 0 Å². The van der Waals surface area contributed by atoms with Crippen molar-refractivity contribution in [1.82, 2.24) is 10.3 Å². The molecule has 1 rings (SSSR count). The number of carbonyl (C=O) groups is 2. The molecule has 0 bridgehead atoms. The number of amides is 1. The molecule has 1 amide bonds. The normalized spacial score (nSPS) is 9.50. The van der Waals surface area contributed by atoms with E-state index in [9.17, 15) is 9.59 Å². The standard InChI is InChI=1S/C8H10N2O3S/c1-2-13-8(12)7(11)9-3-6-4-14-5-10-6/h4-5H,2-3H2,1H3,(H,9,11). The molecule has 5 nitrogen and oxygen atoms in total. The maximum atomic E-state index is 11.0. The number of aromatic nitrogens is 1. The van der Waals surface area contributed by atoms with Gasteiger partial charge in [-0.25, -0.2) is 9.78 Å². The van der Waals surface area contributed by atoms with Crippen LogP contribution in [0.5, 0.6) is 0 Å². The Morgan fingerprint density at radius 2 is 2.43 bits per heavy atom. The van der Waals surface area contributed by atoms with Gasteiger partial charge in [-0.1, -0.05) is 0 Å². The van der Waals surface area contributed by atoms with Gasteiger partial charge in [0.1, 0.15) is 0 Å². The van der Waals surface area contributed by atoms with Crippen LogP contribution < -0.4 is 5.32 Å². The summed E-state index contributed by atoms with van der Waals surface area (Å²) in [6, 6.07) is 0. The van der Waals surface area contributed by atoms with Gasteiger partial charge in [-0.05, 0) is 6.92 Å². The van der Waals surface area contributed by atoms with Crippen molar-refractivity contribution in [3.63, 3.8) is 0 Å². The molecule has 0 aliphatic carbocycles. The van der Waals surface area contributed by atoms with Gasteiger partial charge in [0.2, 0.25) is 0 Å². The predicted molar refractivity (Wildman–Crippen MR) is 50.6 cm³/mol. The van der Waals surface area contributed by atoms with Crippen LogP contribution in [0.15, 0.2) is 10.9 Å². The fourth-order valence-corrected chi connectivity index (χ4v) is 1.32. The Balaban J connectivity index is 2.31. The molecule has 0 fully saturated rings. The Morgan fingerprint density at radius 3 is 3.00 bits per heavy atom. The number of thiazole rings is 1. The second-order valence-electron chi connectivity index (χ2n) is 2.38. The van der Waals surface area contributed by atoms with Crippen LogP contribution in [-0.2, 0) is 20.9 Å². The second-order valence-corrected chi connectivity index (χ2v) is 3.10. The number of hydrogen-bond donors (Lipinski definition) is 1. The first kappa shape index (κ1) is 10.6. The summed E-state index contributed by atoms with van der Waals surface area (Å²) in [5.41, 5.74) is 2.39. The Hall–Kier alpha value is -1.43. The summed E-state index contributed by atoms with van der Waals surface area (Å²) in [6.07, 6.45) is 0. The minimum Gasteiger partial charge on any atom is -0.459 e. The third kappa shape index (κ3) is 3.14. The van der Waals surface area contributed by atoms with Gasteiger partial charge in [0, 0.05) is 5.38 Å². The first-order valence-electron chi connectivity index (χ1n) is 4.06. The van der Waals surface area contributed by atoms with Crippen LogP contribution in [0.25, 0.3) is 0 Å². The molecule has 0 saturated heterocycles. The molecule has 1 heterocycles. The van der Waals surface area contributed by atoms with E-state index in [0.29, 0.717) is 0 Å². The molecule has 14 heavy (non-hydrogen) atoms. The van der Waals surface area contributed by atoms with Crippen LogP contribution in [-0.4, -0.2) is 23.5 Å². The lowest BCUT2D eigenvalue weighted by molar-refractivity contribution is -0.154. The number of nitrogens with one attached hydrogen (secondary N) is 1. The van der Waals surface area contributed by atoms with E-state index in [1.54, 1.807) is 17.8 Å².